The minimum absolute atomic E-state index is 0.701. The van der Waals surface area contributed by atoms with Gasteiger partial charge in [0.25, 0.3) is 0 Å². The van der Waals surface area contributed by atoms with Crippen molar-refractivity contribution in [3.63, 3.8) is 0 Å². The van der Waals surface area contributed by atoms with Crippen LogP contribution in [0.1, 0.15) is 46.0 Å². The van der Waals surface area contributed by atoms with Crippen molar-refractivity contribution in [2.45, 2.75) is 46.0 Å². The Balaban J connectivity index is 2.01. The van der Waals surface area contributed by atoms with Gasteiger partial charge in [-0.25, -0.2) is 4.99 Å². The van der Waals surface area contributed by atoms with Gasteiger partial charge in [-0.05, 0) is 31.3 Å². The lowest BCUT2D eigenvalue weighted by atomic mass is 10.1. The molecule has 1 fully saturated rings. The quantitative estimate of drug-likeness (QED) is 0.656. The van der Waals surface area contributed by atoms with E-state index in [-0.39, 0.29) is 0 Å². The zero-order valence-corrected chi connectivity index (χ0v) is 9.79. The normalized spacial score (nSPS) is 21.6. The molecule has 0 unspecified atom stereocenters. The summed E-state index contributed by atoms with van der Waals surface area (Å²) in [4.78, 5) is 9.20. The molecule has 0 saturated heterocycles. The molecule has 0 aromatic heterocycles. The van der Waals surface area contributed by atoms with E-state index in [1.54, 1.807) is 0 Å². The third kappa shape index (κ3) is 2.55. The van der Waals surface area contributed by atoms with Crippen LogP contribution in [0.4, 0.5) is 0 Å². The summed E-state index contributed by atoms with van der Waals surface area (Å²) in [6.07, 6.45) is 8.41. The summed E-state index contributed by atoms with van der Waals surface area (Å²) in [5.74, 6) is 1.83. The number of allylic oxidation sites excluding steroid dienone is 1. The van der Waals surface area contributed by atoms with E-state index in [9.17, 15) is 0 Å². The van der Waals surface area contributed by atoms with Crippen molar-refractivity contribution in [1.29, 1.82) is 0 Å². The molecule has 2 nitrogen and oxygen atoms in total. The fourth-order valence-electron chi connectivity index (χ4n) is 1.88. The second-order valence-electron chi connectivity index (χ2n) is 4.38. The Morgan fingerprint density at radius 3 is 2.80 bits per heavy atom. The third-order valence-corrected chi connectivity index (χ3v) is 3.01. The Morgan fingerprint density at radius 2 is 2.20 bits per heavy atom. The molecular weight excluding hydrogens is 184 g/mol. The Bertz CT molecular complexity index is 319. The minimum atomic E-state index is 0.701. The molecular formula is C13H20N2. The summed E-state index contributed by atoms with van der Waals surface area (Å²) < 4.78 is 0. The number of nitrogens with zero attached hydrogens (tertiary/aromatic N) is 2. The van der Waals surface area contributed by atoms with Crippen molar-refractivity contribution >= 4 is 11.5 Å². The van der Waals surface area contributed by atoms with E-state index in [0.29, 0.717) is 5.92 Å². The monoisotopic (exact) mass is 204 g/mol. The molecule has 0 amide bonds. The van der Waals surface area contributed by atoms with Gasteiger partial charge in [0.05, 0.1) is 12.3 Å². The van der Waals surface area contributed by atoms with Crippen LogP contribution in [0.5, 0.6) is 0 Å². The molecule has 1 aliphatic carbocycles. The summed E-state index contributed by atoms with van der Waals surface area (Å²) >= 11 is 0. The first-order valence-corrected chi connectivity index (χ1v) is 6.16. The number of aliphatic imine (C=N–C) groups is 2. The molecule has 1 heterocycles. The second kappa shape index (κ2) is 4.73. The van der Waals surface area contributed by atoms with Gasteiger partial charge in [0.2, 0.25) is 0 Å². The van der Waals surface area contributed by atoms with Gasteiger partial charge in [-0.3, -0.25) is 4.99 Å². The molecule has 1 aliphatic heterocycles. The van der Waals surface area contributed by atoms with Gasteiger partial charge in [0, 0.05) is 5.92 Å². The predicted molar refractivity (Wildman–Crippen MR) is 65.7 cm³/mol. The third-order valence-electron chi connectivity index (χ3n) is 3.01. The van der Waals surface area contributed by atoms with E-state index in [1.807, 2.05) is 0 Å². The molecule has 0 bridgehead atoms. The van der Waals surface area contributed by atoms with Gasteiger partial charge in [-0.1, -0.05) is 26.3 Å². The molecule has 0 spiro atoms. The first kappa shape index (κ1) is 10.6. The lowest BCUT2D eigenvalue weighted by Crippen LogP contribution is -2.03. The smallest absolute Gasteiger partial charge is 0.127 e. The lowest BCUT2D eigenvalue weighted by molar-refractivity contribution is 0.944. The van der Waals surface area contributed by atoms with Crippen LogP contribution in [0.25, 0.3) is 0 Å². The van der Waals surface area contributed by atoms with Crippen LogP contribution < -0.4 is 0 Å². The fourth-order valence-corrected chi connectivity index (χ4v) is 1.88. The Morgan fingerprint density at radius 1 is 1.40 bits per heavy atom. The summed E-state index contributed by atoms with van der Waals surface area (Å²) in [5.41, 5.74) is 2.64. The van der Waals surface area contributed by atoms with Gasteiger partial charge in [-0.2, -0.15) is 0 Å². The van der Waals surface area contributed by atoms with Gasteiger partial charge in [-0.15, -0.1) is 0 Å². The maximum atomic E-state index is 4.67. The van der Waals surface area contributed by atoms with E-state index in [0.717, 1.165) is 18.8 Å². The largest absolute Gasteiger partial charge is 0.264 e. The SMILES string of the molecule is CCC/C=C(\CC)C1=NC(C2CC2)=NC1. The highest BCUT2D eigenvalue weighted by Gasteiger charge is 2.30. The average molecular weight is 204 g/mol. The fraction of sp³-hybridized carbons (Fsp3) is 0.692. The number of rotatable bonds is 5. The number of hydrogen-bond acceptors (Lipinski definition) is 2. The Hall–Kier alpha value is -0.920. The molecule has 0 N–H and O–H groups in total. The van der Waals surface area contributed by atoms with E-state index in [2.05, 4.69) is 29.9 Å². The van der Waals surface area contributed by atoms with Crippen molar-refractivity contribution in [3.8, 4) is 0 Å². The topological polar surface area (TPSA) is 24.7 Å². The van der Waals surface area contributed by atoms with Crippen LogP contribution in [0.3, 0.4) is 0 Å². The van der Waals surface area contributed by atoms with Gasteiger partial charge >= 0.3 is 0 Å². The standard InChI is InChI=1S/C13H20N2/c1-3-5-6-10(4-2)12-9-14-13(15-12)11-7-8-11/h6,11H,3-5,7-9H2,1-2H3/b10-6+. The predicted octanol–water partition coefficient (Wildman–Crippen LogP) is 3.39. The van der Waals surface area contributed by atoms with Gasteiger partial charge in [0.1, 0.15) is 5.84 Å². The highest BCUT2D eigenvalue weighted by Crippen LogP contribution is 2.32. The highest BCUT2D eigenvalue weighted by atomic mass is 15.0. The van der Waals surface area contributed by atoms with E-state index < -0.39 is 0 Å². The summed E-state index contributed by atoms with van der Waals surface area (Å²) in [5, 5.41) is 0. The van der Waals surface area contributed by atoms with Crippen molar-refractivity contribution in [2.75, 3.05) is 6.54 Å². The number of amidine groups is 1. The van der Waals surface area contributed by atoms with E-state index in [1.165, 1.54) is 37.0 Å². The Kier molecular flexibility index (Phi) is 3.34. The maximum absolute atomic E-state index is 4.67. The molecule has 2 aliphatic rings. The molecule has 0 aromatic carbocycles. The maximum Gasteiger partial charge on any atom is 0.127 e. The lowest BCUT2D eigenvalue weighted by Gasteiger charge is -2.02. The zero-order chi connectivity index (χ0) is 10.7. The van der Waals surface area contributed by atoms with Crippen LogP contribution in [0.15, 0.2) is 21.6 Å². The number of hydrogen-bond donors (Lipinski definition) is 0. The molecule has 2 heteroatoms. The summed E-state index contributed by atoms with van der Waals surface area (Å²) in [7, 11) is 0. The van der Waals surface area contributed by atoms with Crippen molar-refractivity contribution in [1.82, 2.24) is 0 Å². The first-order valence-electron chi connectivity index (χ1n) is 6.16. The number of unbranched alkanes of at least 4 members (excludes halogenated alkanes) is 1. The summed E-state index contributed by atoms with van der Waals surface area (Å²) in [6, 6.07) is 0. The van der Waals surface area contributed by atoms with Crippen LogP contribution in [-0.4, -0.2) is 18.1 Å². The van der Waals surface area contributed by atoms with Crippen LogP contribution in [0, 0.1) is 5.92 Å². The van der Waals surface area contributed by atoms with Crippen molar-refractivity contribution in [2.24, 2.45) is 15.9 Å². The first-order chi connectivity index (χ1) is 7.35. The van der Waals surface area contributed by atoms with E-state index in [4.69, 9.17) is 0 Å². The van der Waals surface area contributed by atoms with Crippen LogP contribution in [0.2, 0.25) is 0 Å². The van der Waals surface area contributed by atoms with Crippen molar-refractivity contribution < 1.29 is 0 Å². The molecule has 0 atom stereocenters. The van der Waals surface area contributed by atoms with Crippen LogP contribution >= 0.6 is 0 Å². The zero-order valence-electron chi connectivity index (χ0n) is 9.79. The molecule has 2 rings (SSSR count). The summed E-state index contributed by atoms with van der Waals surface area (Å²) in [6.45, 7) is 5.25. The highest BCUT2D eigenvalue weighted by molar-refractivity contribution is 6.13. The molecule has 1 saturated carbocycles. The van der Waals surface area contributed by atoms with Crippen LogP contribution in [-0.2, 0) is 0 Å². The van der Waals surface area contributed by atoms with E-state index >= 15 is 0 Å². The van der Waals surface area contributed by atoms with Gasteiger partial charge < -0.3 is 0 Å². The molecule has 82 valence electrons. The second-order valence-corrected chi connectivity index (χ2v) is 4.38. The van der Waals surface area contributed by atoms with Crippen molar-refractivity contribution in [3.05, 3.63) is 11.6 Å². The van der Waals surface area contributed by atoms with Gasteiger partial charge in [0.15, 0.2) is 0 Å². The molecule has 0 aromatic rings. The molecule has 15 heavy (non-hydrogen) atoms. The molecule has 0 radical (unpaired) electrons. The minimum Gasteiger partial charge on any atom is -0.264 e. The Labute approximate surface area is 92.2 Å². The average Bonchev–Trinajstić information content (AvgIpc) is 3.00.